The zero-order valence-corrected chi connectivity index (χ0v) is 11.7. The molecule has 0 unspecified atom stereocenters. The topological polar surface area (TPSA) is 56.8 Å². The molecule has 0 radical (unpaired) electrons. The average Bonchev–Trinajstić information content (AvgIpc) is 2.47. The summed E-state index contributed by atoms with van der Waals surface area (Å²) in [5.74, 6) is 0.134. The largest absolute Gasteiger partial charge is 0.870 e. The van der Waals surface area contributed by atoms with Gasteiger partial charge in [0.15, 0.2) is 0 Å². The molecule has 1 N–H and O–H groups in total. The summed E-state index contributed by atoms with van der Waals surface area (Å²) in [4.78, 5) is 5.00. The van der Waals surface area contributed by atoms with Gasteiger partial charge in [0, 0.05) is 6.07 Å². The van der Waals surface area contributed by atoms with Crippen molar-refractivity contribution in [1.29, 1.82) is 0 Å². The Bertz CT molecular complexity index is 570. The third-order valence-corrected chi connectivity index (χ3v) is 2.88. The van der Waals surface area contributed by atoms with E-state index >= 15 is 0 Å². The van der Waals surface area contributed by atoms with E-state index in [-0.39, 0.29) is 11.5 Å². The number of hydrogen-bond donors (Lipinski definition) is 1. The van der Waals surface area contributed by atoms with E-state index in [1.54, 1.807) is 17.1 Å². The monoisotopic (exact) mass is 273 g/mol. The fourth-order valence-corrected chi connectivity index (χ4v) is 1.83. The second-order valence-electron chi connectivity index (χ2n) is 4.30. The second-order valence-corrected chi connectivity index (χ2v) is 4.30. The first kappa shape index (κ1) is 14.2. The summed E-state index contributed by atoms with van der Waals surface area (Å²) >= 11 is 0. The maximum Gasteiger partial charge on any atom is 0.113 e. The van der Waals surface area contributed by atoms with Gasteiger partial charge in [0.25, 0.3) is 0 Å². The summed E-state index contributed by atoms with van der Waals surface area (Å²) < 4.78 is 5.06. The molecule has 2 aromatic carbocycles. The molecular weight excluding hydrogens is 256 g/mol. The van der Waals surface area contributed by atoms with Crippen LogP contribution in [-0.2, 0) is 4.84 Å². The molecule has 0 atom stereocenters. The molecule has 0 saturated heterocycles. The molecule has 2 aromatic rings. The highest BCUT2D eigenvalue weighted by molar-refractivity contribution is 5.65. The van der Waals surface area contributed by atoms with Gasteiger partial charge >= 0.3 is 0 Å². The van der Waals surface area contributed by atoms with Crippen LogP contribution in [0.3, 0.4) is 0 Å². The molecule has 20 heavy (non-hydrogen) atoms. The minimum atomic E-state index is -0.155. The third kappa shape index (κ3) is 3.01. The van der Waals surface area contributed by atoms with Crippen molar-refractivity contribution >= 4 is 11.4 Å². The maximum absolute atomic E-state index is 11.6. The normalized spacial score (nSPS) is 10.3. The van der Waals surface area contributed by atoms with Crippen molar-refractivity contribution < 1.29 is 14.7 Å². The number of benzene rings is 2. The number of nitrogens with one attached hydrogen (secondary N) is 1. The molecule has 0 bridgehead atoms. The molecule has 0 fully saturated rings. The van der Waals surface area contributed by atoms with Gasteiger partial charge in [-0.2, -0.15) is 0 Å². The average molecular weight is 273 g/mol. The van der Waals surface area contributed by atoms with Crippen LogP contribution in [0.1, 0.15) is 5.56 Å². The lowest BCUT2D eigenvalue weighted by Gasteiger charge is -2.25. The quantitative estimate of drug-likeness (QED) is 0.847. The molecule has 0 aliphatic rings. The van der Waals surface area contributed by atoms with Crippen LogP contribution in [0.25, 0.3) is 0 Å². The number of rotatable bonds is 5. The predicted molar refractivity (Wildman–Crippen MR) is 75.9 cm³/mol. The van der Waals surface area contributed by atoms with E-state index in [4.69, 9.17) is 9.57 Å². The minimum absolute atomic E-state index is 0.155. The van der Waals surface area contributed by atoms with E-state index in [1.165, 1.54) is 25.8 Å². The van der Waals surface area contributed by atoms with Crippen LogP contribution in [0.15, 0.2) is 42.5 Å². The van der Waals surface area contributed by atoms with Crippen molar-refractivity contribution in [2.24, 2.45) is 0 Å². The molecule has 0 heterocycles. The van der Waals surface area contributed by atoms with Crippen LogP contribution in [0, 0.1) is 6.92 Å². The lowest BCUT2D eigenvalue weighted by atomic mass is 10.2. The number of ether oxygens (including phenoxy) is 1. The highest BCUT2D eigenvalue weighted by Crippen LogP contribution is 2.31. The van der Waals surface area contributed by atoms with Crippen LogP contribution in [-0.4, -0.2) is 14.2 Å². The van der Waals surface area contributed by atoms with E-state index in [0.29, 0.717) is 0 Å². The highest BCUT2D eigenvalue weighted by atomic mass is 16.7. The Morgan fingerprint density at radius 1 is 1.00 bits per heavy atom. The van der Waals surface area contributed by atoms with Crippen LogP contribution >= 0.6 is 0 Å². The molecule has 0 saturated carbocycles. The summed E-state index contributed by atoms with van der Waals surface area (Å²) in [5.41, 5.74) is 5.58. The van der Waals surface area contributed by atoms with Gasteiger partial charge < -0.3 is 9.84 Å². The second kappa shape index (κ2) is 6.27. The lowest BCUT2D eigenvalue weighted by molar-refractivity contribution is -0.270. The molecule has 0 aliphatic heterocycles. The fraction of sp³-hybridized carbons (Fsp3) is 0.200. The third-order valence-electron chi connectivity index (χ3n) is 2.88. The van der Waals surface area contributed by atoms with Crippen LogP contribution in [0.5, 0.6) is 11.5 Å². The SMILES string of the molecule is CONN(c1ccc(C)cc1)c1ccc([O-])c(OC)c1. The van der Waals surface area contributed by atoms with Crippen molar-refractivity contribution in [3.05, 3.63) is 48.0 Å². The first-order valence-corrected chi connectivity index (χ1v) is 6.16. The summed E-state index contributed by atoms with van der Waals surface area (Å²) in [7, 11) is 3.00. The number of hydrogen-bond acceptors (Lipinski definition) is 5. The zero-order chi connectivity index (χ0) is 14.5. The van der Waals surface area contributed by atoms with E-state index in [1.807, 2.05) is 31.2 Å². The predicted octanol–water partition coefficient (Wildman–Crippen LogP) is 2.28. The van der Waals surface area contributed by atoms with Crippen molar-refractivity contribution in [1.82, 2.24) is 5.59 Å². The van der Waals surface area contributed by atoms with Crippen molar-refractivity contribution in [3.63, 3.8) is 0 Å². The van der Waals surface area contributed by atoms with Gasteiger partial charge in [-0.15, -0.1) is 5.59 Å². The number of methoxy groups -OCH3 is 1. The molecular formula is C15H17N2O3-. The van der Waals surface area contributed by atoms with Crippen LogP contribution in [0.2, 0.25) is 0 Å². The Kier molecular flexibility index (Phi) is 4.45. The van der Waals surface area contributed by atoms with E-state index in [2.05, 4.69) is 5.59 Å². The van der Waals surface area contributed by atoms with Gasteiger partial charge in [-0.1, -0.05) is 29.5 Å². The first-order valence-electron chi connectivity index (χ1n) is 6.16. The number of nitrogens with zero attached hydrogens (tertiary/aromatic N) is 1. The van der Waals surface area contributed by atoms with Crippen LogP contribution < -0.4 is 20.4 Å². The smallest absolute Gasteiger partial charge is 0.113 e. The Labute approximate surface area is 118 Å². The van der Waals surface area contributed by atoms with Gasteiger partial charge in [-0.25, -0.2) is 0 Å². The minimum Gasteiger partial charge on any atom is -0.870 e. The number of anilines is 2. The van der Waals surface area contributed by atoms with Gasteiger partial charge in [-0.3, -0.25) is 9.85 Å². The maximum atomic E-state index is 11.6. The Morgan fingerprint density at radius 2 is 1.65 bits per heavy atom. The fourth-order valence-electron chi connectivity index (χ4n) is 1.83. The molecule has 5 heteroatoms. The molecule has 0 spiro atoms. The van der Waals surface area contributed by atoms with E-state index in [9.17, 15) is 5.11 Å². The van der Waals surface area contributed by atoms with Crippen LogP contribution in [0.4, 0.5) is 11.4 Å². The Morgan fingerprint density at radius 3 is 2.25 bits per heavy atom. The van der Waals surface area contributed by atoms with Crippen molar-refractivity contribution in [2.45, 2.75) is 6.92 Å². The molecule has 0 aromatic heterocycles. The van der Waals surface area contributed by atoms with Gasteiger partial charge in [0.05, 0.1) is 25.6 Å². The summed E-state index contributed by atoms with van der Waals surface area (Å²) in [6.07, 6.45) is 0. The highest BCUT2D eigenvalue weighted by Gasteiger charge is 2.10. The Hall–Kier alpha value is -2.24. The van der Waals surface area contributed by atoms with E-state index in [0.717, 1.165) is 11.4 Å². The number of aryl methyl sites for hydroxylation is 1. The van der Waals surface area contributed by atoms with Gasteiger partial charge in [0.1, 0.15) is 5.75 Å². The molecule has 5 nitrogen and oxygen atoms in total. The van der Waals surface area contributed by atoms with Crippen molar-refractivity contribution in [3.8, 4) is 11.5 Å². The zero-order valence-electron chi connectivity index (χ0n) is 11.7. The summed E-state index contributed by atoms with van der Waals surface area (Å²) in [6, 6.07) is 12.7. The van der Waals surface area contributed by atoms with Gasteiger partial charge in [0.2, 0.25) is 0 Å². The summed E-state index contributed by atoms with van der Waals surface area (Å²) in [6.45, 7) is 2.02. The standard InChI is InChI=1S/C15H18N2O3/c1-11-4-6-12(7-5-11)17(16-20-3)13-8-9-14(18)15(10-13)19-2/h4-10,16,18H,1-3H3/p-1. The molecule has 0 amide bonds. The number of hydrazine groups is 1. The lowest BCUT2D eigenvalue weighted by Crippen LogP contribution is -2.32. The van der Waals surface area contributed by atoms with E-state index < -0.39 is 0 Å². The first-order chi connectivity index (χ1) is 9.65. The summed E-state index contributed by atoms with van der Waals surface area (Å²) in [5, 5.41) is 13.3. The van der Waals surface area contributed by atoms with Crippen molar-refractivity contribution in [2.75, 3.05) is 19.2 Å². The molecule has 0 aliphatic carbocycles. The molecule has 106 valence electrons. The molecule has 2 rings (SSSR count). The van der Waals surface area contributed by atoms with Gasteiger partial charge in [-0.05, 0) is 25.1 Å². The Balaban J connectivity index is 2.39.